The van der Waals surface area contributed by atoms with Crippen molar-refractivity contribution in [1.29, 1.82) is 0 Å². The van der Waals surface area contributed by atoms with Crippen LogP contribution in [0.3, 0.4) is 0 Å². The van der Waals surface area contributed by atoms with Gasteiger partial charge in [0.2, 0.25) is 0 Å². The molecule has 3 aliphatic rings. The average Bonchev–Trinajstić information content (AvgIpc) is 3.91. The first-order valence-corrected chi connectivity index (χ1v) is 18.8. The summed E-state index contributed by atoms with van der Waals surface area (Å²) in [6.45, 7) is 4.81. The summed E-state index contributed by atoms with van der Waals surface area (Å²) in [5.74, 6) is 0.0935. The maximum absolute atomic E-state index is 13.5. The molecule has 2 saturated carbocycles. The van der Waals surface area contributed by atoms with Gasteiger partial charge < -0.3 is 15.3 Å². The standard InChI is InChI=1S/C44H48N4O4/c1-3-4-29-5-9-31(10-6-29)32-13-15-33(16-14-32)37-25-45-40(46-26-37)34-11-7-30(8-12-34)23-36(42(50)48-27-38(28-48)43(51)52)24-47-41(49)35-17-19-39(20-18-35)44(2)21-22-44/h7-8,11-20,24-26,29,31,38H,3-6,9-10,21-23,27-28H2,1-2H3,(H,47,49)(H,51,52)/b36-24+. The minimum absolute atomic E-state index is 0.149. The average molecular weight is 697 g/mol. The number of benzene rings is 3. The van der Waals surface area contributed by atoms with Crippen LogP contribution in [-0.2, 0) is 21.4 Å². The van der Waals surface area contributed by atoms with Crippen LogP contribution in [0.25, 0.3) is 22.5 Å². The number of carboxylic acids is 1. The topological polar surface area (TPSA) is 112 Å². The lowest BCUT2D eigenvalue weighted by molar-refractivity contribution is -0.151. The molecule has 0 bridgehead atoms. The molecular weight excluding hydrogens is 649 g/mol. The van der Waals surface area contributed by atoms with Crippen molar-refractivity contribution in [3.63, 3.8) is 0 Å². The van der Waals surface area contributed by atoms with Crippen molar-refractivity contribution in [3.8, 4) is 22.5 Å². The fourth-order valence-electron chi connectivity index (χ4n) is 7.69. The molecule has 1 aliphatic heterocycles. The van der Waals surface area contributed by atoms with Gasteiger partial charge in [0.15, 0.2) is 5.82 Å². The van der Waals surface area contributed by atoms with Gasteiger partial charge in [0.05, 0.1) is 5.92 Å². The van der Waals surface area contributed by atoms with Crippen LogP contribution in [0.1, 0.15) is 98.2 Å². The molecule has 3 fully saturated rings. The fourth-order valence-corrected chi connectivity index (χ4v) is 7.69. The van der Waals surface area contributed by atoms with E-state index in [0.29, 0.717) is 22.9 Å². The van der Waals surface area contributed by atoms with Crippen molar-refractivity contribution >= 4 is 17.8 Å². The highest BCUT2D eigenvalue weighted by Gasteiger charge is 2.39. The Morgan fingerprint density at radius 1 is 0.846 bits per heavy atom. The van der Waals surface area contributed by atoms with E-state index in [0.717, 1.165) is 41.0 Å². The third kappa shape index (κ3) is 8.01. The number of carboxylic acid groups (broad SMARTS) is 1. The summed E-state index contributed by atoms with van der Waals surface area (Å²) in [7, 11) is 0. The van der Waals surface area contributed by atoms with Crippen LogP contribution < -0.4 is 5.32 Å². The zero-order chi connectivity index (χ0) is 36.2. The van der Waals surface area contributed by atoms with Gasteiger partial charge in [0, 0.05) is 60.4 Å². The van der Waals surface area contributed by atoms with Crippen LogP contribution in [0.2, 0.25) is 0 Å². The van der Waals surface area contributed by atoms with E-state index in [2.05, 4.69) is 53.4 Å². The van der Waals surface area contributed by atoms with E-state index in [9.17, 15) is 19.5 Å². The SMILES string of the molecule is CCCC1CCC(c2ccc(-c3cnc(-c4ccc(C/C(=C\NC(=O)c5ccc(C6(C)CC6)cc5)C(=O)N5CC(C(=O)O)C5)cc4)nc3)cc2)CC1. The Labute approximate surface area is 306 Å². The van der Waals surface area contributed by atoms with Crippen LogP contribution in [0.4, 0.5) is 0 Å². The second-order valence-electron chi connectivity index (χ2n) is 15.3. The highest BCUT2D eigenvalue weighted by molar-refractivity contribution is 5.98. The number of amides is 2. The van der Waals surface area contributed by atoms with E-state index in [1.165, 1.54) is 60.8 Å². The van der Waals surface area contributed by atoms with Gasteiger partial charge in [-0.2, -0.15) is 0 Å². The number of hydrogen-bond donors (Lipinski definition) is 2. The summed E-state index contributed by atoms with van der Waals surface area (Å²) >= 11 is 0. The van der Waals surface area contributed by atoms with Crippen molar-refractivity contribution in [2.75, 3.05) is 13.1 Å². The number of carbonyl (C=O) groups is 3. The van der Waals surface area contributed by atoms with Gasteiger partial charge in [-0.05, 0) is 90.2 Å². The third-order valence-corrected chi connectivity index (χ3v) is 11.5. The van der Waals surface area contributed by atoms with E-state index in [4.69, 9.17) is 0 Å². The van der Waals surface area contributed by atoms with Crippen molar-refractivity contribution in [2.45, 2.75) is 83.0 Å². The van der Waals surface area contributed by atoms with Crippen LogP contribution >= 0.6 is 0 Å². The smallest absolute Gasteiger partial charge is 0.310 e. The lowest BCUT2D eigenvalue weighted by atomic mass is 9.77. The molecule has 268 valence electrons. The van der Waals surface area contributed by atoms with Crippen LogP contribution in [-0.4, -0.2) is 50.8 Å². The maximum Gasteiger partial charge on any atom is 0.310 e. The van der Waals surface area contributed by atoms with E-state index in [1.54, 1.807) is 0 Å². The predicted molar refractivity (Wildman–Crippen MR) is 202 cm³/mol. The van der Waals surface area contributed by atoms with Crippen molar-refractivity contribution in [2.24, 2.45) is 11.8 Å². The Kier molecular flexibility index (Phi) is 10.3. The highest BCUT2D eigenvalue weighted by atomic mass is 16.4. The molecule has 1 aromatic heterocycles. The van der Waals surface area contributed by atoms with Crippen LogP contribution in [0.15, 0.2) is 97.0 Å². The molecule has 4 aromatic rings. The highest BCUT2D eigenvalue weighted by Crippen LogP contribution is 2.47. The number of nitrogens with zero attached hydrogens (tertiary/aromatic N) is 3. The summed E-state index contributed by atoms with van der Waals surface area (Å²) in [5, 5.41) is 12.1. The molecular formula is C44H48N4O4. The van der Waals surface area contributed by atoms with Gasteiger partial charge >= 0.3 is 5.97 Å². The molecule has 2 amide bonds. The molecule has 3 aromatic carbocycles. The first-order valence-electron chi connectivity index (χ1n) is 18.8. The molecule has 2 aliphatic carbocycles. The summed E-state index contributed by atoms with van der Waals surface area (Å²) in [4.78, 5) is 48.7. The van der Waals surface area contributed by atoms with Gasteiger partial charge in [-0.3, -0.25) is 14.4 Å². The zero-order valence-corrected chi connectivity index (χ0v) is 30.2. The number of hydrogen-bond acceptors (Lipinski definition) is 5. The second-order valence-corrected chi connectivity index (χ2v) is 15.3. The number of aromatic nitrogens is 2. The Bertz CT molecular complexity index is 1920. The molecule has 8 heteroatoms. The monoisotopic (exact) mass is 696 g/mol. The molecule has 0 spiro atoms. The minimum Gasteiger partial charge on any atom is -0.481 e. The predicted octanol–water partition coefficient (Wildman–Crippen LogP) is 8.34. The van der Waals surface area contributed by atoms with Gasteiger partial charge in [-0.25, -0.2) is 9.97 Å². The molecule has 52 heavy (non-hydrogen) atoms. The van der Waals surface area contributed by atoms with Crippen LogP contribution in [0, 0.1) is 11.8 Å². The molecule has 0 atom stereocenters. The second kappa shape index (κ2) is 15.2. The molecule has 2 heterocycles. The van der Waals surface area contributed by atoms with Crippen molar-refractivity contribution < 1.29 is 19.5 Å². The van der Waals surface area contributed by atoms with Crippen molar-refractivity contribution in [1.82, 2.24) is 20.2 Å². The van der Waals surface area contributed by atoms with E-state index >= 15 is 0 Å². The lowest BCUT2D eigenvalue weighted by Crippen LogP contribution is -2.53. The molecule has 0 radical (unpaired) electrons. The fraction of sp³-hybridized carbons (Fsp3) is 0.386. The Balaban J connectivity index is 0.997. The molecule has 1 saturated heterocycles. The van der Waals surface area contributed by atoms with E-state index < -0.39 is 11.9 Å². The summed E-state index contributed by atoms with van der Waals surface area (Å²) < 4.78 is 0. The first kappa shape index (κ1) is 35.3. The van der Waals surface area contributed by atoms with Gasteiger partial charge in [0.1, 0.15) is 0 Å². The molecule has 2 N–H and O–H groups in total. The Morgan fingerprint density at radius 3 is 2.08 bits per heavy atom. The Morgan fingerprint density at radius 2 is 1.48 bits per heavy atom. The molecule has 8 nitrogen and oxygen atoms in total. The normalized spacial score (nSPS) is 19.8. The maximum atomic E-state index is 13.5. The quantitative estimate of drug-likeness (QED) is 0.144. The van der Waals surface area contributed by atoms with Gasteiger partial charge in [-0.1, -0.05) is 87.4 Å². The lowest BCUT2D eigenvalue weighted by Gasteiger charge is -2.37. The summed E-state index contributed by atoms with van der Waals surface area (Å²) in [5.41, 5.74) is 7.55. The number of carbonyl (C=O) groups excluding carboxylic acids is 2. The van der Waals surface area contributed by atoms with Gasteiger partial charge in [0.25, 0.3) is 11.8 Å². The summed E-state index contributed by atoms with van der Waals surface area (Å²) in [6, 6.07) is 24.3. The largest absolute Gasteiger partial charge is 0.481 e. The number of aliphatic carboxylic acids is 1. The summed E-state index contributed by atoms with van der Waals surface area (Å²) in [6.07, 6.45) is 15.7. The first-order chi connectivity index (χ1) is 25.2. The zero-order valence-electron chi connectivity index (χ0n) is 30.2. The van der Waals surface area contributed by atoms with Crippen molar-refractivity contribution in [3.05, 3.63) is 119 Å². The van der Waals surface area contributed by atoms with Gasteiger partial charge in [-0.15, -0.1) is 0 Å². The molecule has 0 unspecified atom stereocenters. The minimum atomic E-state index is -0.912. The third-order valence-electron chi connectivity index (χ3n) is 11.5. The number of likely N-dealkylation sites (tertiary alicyclic amines) is 1. The van der Waals surface area contributed by atoms with E-state index in [1.807, 2.05) is 60.9 Å². The number of nitrogens with one attached hydrogen (secondary N) is 1. The Hall–Kier alpha value is -5.11. The molecule has 7 rings (SSSR count). The van der Waals surface area contributed by atoms with E-state index in [-0.39, 0.29) is 36.7 Å². The van der Waals surface area contributed by atoms with Crippen LogP contribution in [0.5, 0.6) is 0 Å². The number of rotatable bonds is 12.